The molecule has 24 heavy (non-hydrogen) atoms. The molecule has 5 heteroatoms. The second-order valence-corrected chi connectivity index (χ2v) is 6.54. The molecule has 2 bridgehead atoms. The summed E-state index contributed by atoms with van der Waals surface area (Å²) < 4.78 is 7.35. The number of hydrogen-bond acceptors (Lipinski definition) is 3. The van der Waals surface area contributed by atoms with Crippen molar-refractivity contribution >= 4 is 11.7 Å². The number of carbonyl (C=O) groups is 1. The summed E-state index contributed by atoms with van der Waals surface area (Å²) in [7, 11) is 1.93. The van der Waals surface area contributed by atoms with Gasteiger partial charge in [-0.15, -0.1) is 0 Å². The van der Waals surface area contributed by atoms with Crippen molar-refractivity contribution in [2.75, 3.05) is 0 Å². The Kier molecular flexibility index (Phi) is 3.84. The van der Waals surface area contributed by atoms with Crippen LogP contribution in [0.15, 0.2) is 48.8 Å². The quantitative estimate of drug-likeness (QED) is 0.870. The van der Waals surface area contributed by atoms with Gasteiger partial charge >= 0.3 is 6.09 Å². The second-order valence-electron chi connectivity index (χ2n) is 6.54. The zero-order valence-electron chi connectivity index (χ0n) is 13.8. The monoisotopic (exact) mass is 323 g/mol. The fourth-order valence-corrected chi connectivity index (χ4v) is 3.71. The highest BCUT2D eigenvalue weighted by molar-refractivity contribution is 5.74. The smallest absolute Gasteiger partial charge is 0.410 e. The van der Waals surface area contributed by atoms with Gasteiger partial charge in [0, 0.05) is 24.8 Å². The Hall–Kier alpha value is -2.56. The van der Waals surface area contributed by atoms with E-state index in [0.29, 0.717) is 6.61 Å². The molecule has 1 aromatic carbocycles. The summed E-state index contributed by atoms with van der Waals surface area (Å²) in [5.74, 6) is 0. The standard InChI is InChI=1S/C19H21N3O2/c1-21-12-16(11-20-21)15-9-17-7-8-18(10-15)22(17)19(23)24-13-14-5-3-2-4-6-14/h2-6,9,11-12,17-18H,7-8,10,13H2,1H3. The number of nitrogens with zero attached hydrogens (tertiary/aromatic N) is 3. The lowest BCUT2D eigenvalue weighted by Crippen LogP contribution is -2.43. The van der Waals surface area contributed by atoms with Gasteiger partial charge in [0.25, 0.3) is 0 Å². The van der Waals surface area contributed by atoms with E-state index in [1.54, 1.807) is 0 Å². The van der Waals surface area contributed by atoms with Crippen molar-refractivity contribution in [1.29, 1.82) is 0 Å². The summed E-state index contributed by atoms with van der Waals surface area (Å²) in [4.78, 5) is 14.5. The molecule has 0 aliphatic carbocycles. The lowest BCUT2D eigenvalue weighted by Gasteiger charge is -2.33. The average Bonchev–Trinajstić information content (AvgIpc) is 3.15. The van der Waals surface area contributed by atoms with Crippen molar-refractivity contribution in [2.24, 2.45) is 7.05 Å². The van der Waals surface area contributed by atoms with E-state index >= 15 is 0 Å². The van der Waals surface area contributed by atoms with Gasteiger partial charge in [0.2, 0.25) is 0 Å². The van der Waals surface area contributed by atoms with Crippen LogP contribution in [-0.2, 0) is 18.4 Å². The molecule has 2 aliphatic heterocycles. The fourth-order valence-electron chi connectivity index (χ4n) is 3.71. The molecular weight excluding hydrogens is 302 g/mol. The first-order valence-electron chi connectivity index (χ1n) is 8.39. The maximum atomic E-state index is 12.5. The first-order chi connectivity index (χ1) is 11.7. The predicted molar refractivity (Wildman–Crippen MR) is 91.1 cm³/mol. The first-order valence-corrected chi connectivity index (χ1v) is 8.39. The fraction of sp³-hybridized carbons (Fsp3) is 0.368. The SMILES string of the molecule is Cn1cc(C2=CC3CCC(C2)N3C(=O)OCc2ccccc2)cn1. The average molecular weight is 323 g/mol. The lowest BCUT2D eigenvalue weighted by molar-refractivity contribution is 0.0832. The Bertz CT molecular complexity index is 766. The van der Waals surface area contributed by atoms with Gasteiger partial charge in [-0.3, -0.25) is 9.58 Å². The number of aryl methyl sites for hydroxylation is 1. The molecule has 4 rings (SSSR count). The normalized spacial score (nSPS) is 22.4. The van der Waals surface area contributed by atoms with Crippen LogP contribution in [0, 0.1) is 0 Å². The highest BCUT2D eigenvalue weighted by Gasteiger charge is 2.40. The van der Waals surface area contributed by atoms with Crippen LogP contribution in [0.1, 0.15) is 30.4 Å². The van der Waals surface area contributed by atoms with Crippen LogP contribution in [0.2, 0.25) is 0 Å². The molecule has 1 amide bonds. The molecule has 2 atom stereocenters. The predicted octanol–water partition coefficient (Wildman–Crippen LogP) is 3.38. The Morgan fingerprint density at radius 3 is 2.83 bits per heavy atom. The number of carbonyl (C=O) groups excluding carboxylic acids is 1. The van der Waals surface area contributed by atoms with E-state index in [2.05, 4.69) is 11.2 Å². The third-order valence-electron chi connectivity index (χ3n) is 4.89. The summed E-state index contributed by atoms with van der Waals surface area (Å²) >= 11 is 0. The van der Waals surface area contributed by atoms with Crippen LogP contribution in [0.4, 0.5) is 4.79 Å². The summed E-state index contributed by atoms with van der Waals surface area (Å²) in [6, 6.07) is 10.2. The second kappa shape index (κ2) is 6.15. The number of rotatable bonds is 3. The van der Waals surface area contributed by atoms with Crippen LogP contribution < -0.4 is 0 Å². The molecule has 0 radical (unpaired) electrons. The van der Waals surface area contributed by atoms with Crippen molar-refractivity contribution in [3.8, 4) is 0 Å². The van der Waals surface area contributed by atoms with E-state index in [9.17, 15) is 4.79 Å². The van der Waals surface area contributed by atoms with Gasteiger partial charge in [-0.1, -0.05) is 36.4 Å². The van der Waals surface area contributed by atoms with Gasteiger partial charge in [0.15, 0.2) is 0 Å². The summed E-state index contributed by atoms with van der Waals surface area (Å²) in [6.07, 6.45) is 8.86. The lowest BCUT2D eigenvalue weighted by atomic mass is 9.97. The van der Waals surface area contributed by atoms with Crippen molar-refractivity contribution in [3.63, 3.8) is 0 Å². The Morgan fingerprint density at radius 1 is 1.29 bits per heavy atom. The van der Waals surface area contributed by atoms with E-state index < -0.39 is 0 Å². The van der Waals surface area contributed by atoms with Gasteiger partial charge in [-0.25, -0.2) is 4.79 Å². The Labute approximate surface area is 141 Å². The van der Waals surface area contributed by atoms with Crippen molar-refractivity contribution in [1.82, 2.24) is 14.7 Å². The minimum absolute atomic E-state index is 0.141. The van der Waals surface area contributed by atoms with Gasteiger partial charge in [0.1, 0.15) is 6.61 Å². The molecule has 5 nitrogen and oxygen atoms in total. The largest absolute Gasteiger partial charge is 0.445 e. The van der Waals surface area contributed by atoms with Gasteiger partial charge in [-0.2, -0.15) is 5.10 Å². The zero-order chi connectivity index (χ0) is 16.5. The van der Waals surface area contributed by atoms with Crippen molar-refractivity contribution in [2.45, 2.75) is 38.0 Å². The number of hydrogen-bond donors (Lipinski definition) is 0. The van der Waals surface area contributed by atoms with E-state index in [4.69, 9.17) is 4.74 Å². The van der Waals surface area contributed by atoms with Crippen LogP contribution in [-0.4, -0.2) is 32.9 Å². The molecule has 2 unspecified atom stereocenters. The number of benzene rings is 1. The molecule has 2 aliphatic rings. The molecule has 1 fully saturated rings. The molecule has 0 saturated carbocycles. The maximum absolute atomic E-state index is 12.5. The minimum Gasteiger partial charge on any atom is -0.445 e. The zero-order valence-corrected chi connectivity index (χ0v) is 13.8. The van der Waals surface area contributed by atoms with E-state index in [0.717, 1.165) is 30.4 Å². The highest BCUT2D eigenvalue weighted by atomic mass is 16.6. The Balaban J connectivity index is 1.45. The van der Waals surface area contributed by atoms with Crippen LogP contribution >= 0.6 is 0 Å². The molecule has 1 saturated heterocycles. The minimum atomic E-state index is -0.201. The molecule has 1 aromatic heterocycles. The van der Waals surface area contributed by atoms with Gasteiger partial charge < -0.3 is 4.74 Å². The van der Waals surface area contributed by atoms with Gasteiger partial charge in [-0.05, 0) is 30.4 Å². The third kappa shape index (κ3) is 2.82. The molecule has 0 spiro atoms. The first kappa shape index (κ1) is 15.0. The third-order valence-corrected chi connectivity index (χ3v) is 4.89. The number of ether oxygens (including phenoxy) is 1. The topological polar surface area (TPSA) is 47.4 Å². The van der Waals surface area contributed by atoms with Crippen molar-refractivity contribution < 1.29 is 9.53 Å². The van der Waals surface area contributed by atoms with E-state index in [1.807, 2.05) is 59.4 Å². The molecule has 2 aromatic rings. The van der Waals surface area contributed by atoms with Crippen LogP contribution in [0.3, 0.4) is 0 Å². The number of aromatic nitrogens is 2. The molecule has 3 heterocycles. The van der Waals surface area contributed by atoms with Crippen molar-refractivity contribution in [3.05, 3.63) is 59.9 Å². The van der Waals surface area contributed by atoms with Crippen LogP contribution in [0.5, 0.6) is 0 Å². The Morgan fingerprint density at radius 2 is 2.12 bits per heavy atom. The maximum Gasteiger partial charge on any atom is 0.410 e. The van der Waals surface area contributed by atoms with E-state index in [-0.39, 0.29) is 18.2 Å². The molecule has 124 valence electrons. The number of fused-ring (bicyclic) bond motifs is 2. The number of amides is 1. The molecule has 0 N–H and O–H groups in total. The van der Waals surface area contributed by atoms with Gasteiger partial charge in [0.05, 0.1) is 12.2 Å². The van der Waals surface area contributed by atoms with Crippen LogP contribution in [0.25, 0.3) is 5.57 Å². The molecular formula is C19H21N3O2. The summed E-state index contributed by atoms with van der Waals surface area (Å²) in [6.45, 7) is 0.328. The highest BCUT2D eigenvalue weighted by Crippen LogP contribution is 2.38. The van der Waals surface area contributed by atoms with E-state index in [1.165, 1.54) is 5.57 Å². The summed E-state index contributed by atoms with van der Waals surface area (Å²) in [5.41, 5.74) is 3.47. The summed E-state index contributed by atoms with van der Waals surface area (Å²) in [5, 5.41) is 4.25.